The summed E-state index contributed by atoms with van der Waals surface area (Å²) in [6.45, 7) is 5.33. The predicted molar refractivity (Wildman–Crippen MR) is 73.7 cm³/mol. The maximum absolute atomic E-state index is 12.1. The van der Waals surface area contributed by atoms with Gasteiger partial charge in [0.25, 0.3) is 0 Å². The summed E-state index contributed by atoms with van der Waals surface area (Å²) < 4.78 is 12.1. The summed E-state index contributed by atoms with van der Waals surface area (Å²) in [4.78, 5) is 0.779. The normalized spacial score (nSPS) is 19.8. The molecule has 0 heterocycles. The number of aliphatic hydroxyl groups is 2. The molecule has 0 unspecified atom stereocenters. The topological polar surface area (TPSA) is 57.5 Å². The summed E-state index contributed by atoms with van der Waals surface area (Å²) in [5.74, 6) is 0.0748. The molecule has 102 valence electrons. The summed E-state index contributed by atoms with van der Waals surface area (Å²) in [5.41, 5.74) is 0. The summed E-state index contributed by atoms with van der Waals surface area (Å²) in [5, 5.41) is 19.5. The lowest BCUT2D eigenvalue weighted by atomic mass is 9.91. The van der Waals surface area contributed by atoms with Crippen molar-refractivity contribution >= 4 is 10.8 Å². The second kappa shape index (κ2) is 7.02. The molecule has 18 heavy (non-hydrogen) atoms. The lowest BCUT2D eigenvalue weighted by molar-refractivity contribution is 0.00692. The van der Waals surface area contributed by atoms with Gasteiger partial charge in [0, 0.05) is 16.6 Å². The number of rotatable bonds is 6. The first-order valence-corrected chi connectivity index (χ1v) is 7.55. The summed E-state index contributed by atoms with van der Waals surface area (Å²) >= 11 is 0. The first kappa shape index (κ1) is 15.3. The second-order valence-corrected chi connectivity index (χ2v) is 6.39. The van der Waals surface area contributed by atoms with Gasteiger partial charge in [0.05, 0.1) is 23.0 Å². The Labute approximate surface area is 111 Å². The fourth-order valence-corrected chi connectivity index (χ4v) is 3.14. The minimum absolute atomic E-state index is 0.115. The Morgan fingerprint density at radius 3 is 2.17 bits per heavy atom. The lowest BCUT2D eigenvalue weighted by Gasteiger charge is -2.26. The van der Waals surface area contributed by atoms with Gasteiger partial charge in [0.1, 0.15) is 0 Å². The molecule has 5 atom stereocenters. The van der Waals surface area contributed by atoms with Crippen LogP contribution in [0, 0.1) is 11.8 Å². The van der Waals surface area contributed by atoms with Gasteiger partial charge in [-0.1, -0.05) is 32.0 Å². The van der Waals surface area contributed by atoms with E-state index in [1.54, 1.807) is 13.8 Å². The highest BCUT2D eigenvalue weighted by Crippen LogP contribution is 2.19. The highest BCUT2D eigenvalue weighted by Gasteiger charge is 2.26. The number of benzene rings is 1. The van der Waals surface area contributed by atoms with Crippen molar-refractivity contribution in [1.82, 2.24) is 0 Å². The molecule has 0 saturated heterocycles. The first-order chi connectivity index (χ1) is 8.43. The number of hydrogen-bond donors (Lipinski definition) is 2. The molecule has 0 amide bonds. The van der Waals surface area contributed by atoms with Gasteiger partial charge in [-0.2, -0.15) is 0 Å². The van der Waals surface area contributed by atoms with Gasteiger partial charge < -0.3 is 10.2 Å². The van der Waals surface area contributed by atoms with Gasteiger partial charge in [0.15, 0.2) is 0 Å². The van der Waals surface area contributed by atoms with Crippen molar-refractivity contribution in [2.75, 3.05) is 5.75 Å². The highest BCUT2D eigenvalue weighted by molar-refractivity contribution is 7.85. The van der Waals surface area contributed by atoms with E-state index in [1.807, 2.05) is 37.3 Å². The Morgan fingerprint density at radius 2 is 1.67 bits per heavy atom. The Kier molecular flexibility index (Phi) is 5.99. The van der Waals surface area contributed by atoms with Gasteiger partial charge >= 0.3 is 0 Å². The van der Waals surface area contributed by atoms with Crippen molar-refractivity contribution in [1.29, 1.82) is 0 Å². The molecule has 1 aromatic carbocycles. The van der Waals surface area contributed by atoms with Gasteiger partial charge in [-0.25, -0.2) is 0 Å². The highest BCUT2D eigenvalue weighted by atomic mass is 32.2. The zero-order chi connectivity index (χ0) is 13.7. The van der Waals surface area contributed by atoms with Gasteiger partial charge in [-0.15, -0.1) is 0 Å². The third kappa shape index (κ3) is 4.19. The van der Waals surface area contributed by atoms with E-state index in [0.29, 0.717) is 5.75 Å². The van der Waals surface area contributed by atoms with E-state index in [0.717, 1.165) is 4.90 Å². The van der Waals surface area contributed by atoms with E-state index >= 15 is 0 Å². The molecule has 0 spiro atoms. The van der Waals surface area contributed by atoms with Crippen LogP contribution >= 0.6 is 0 Å². The van der Waals surface area contributed by atoms with Crippen LogP contribution in [0.15, 0.2) is 35.2 Å². The summed E-state index contributed by atoms with van der Waals surface area (Å²) in [6.07, 6.45) is -1.20. The zero-order valence-electron chi connectivity index (χ0n) is 11.1. The Balaban J connectivity index is 2.60. The van der Waals surface area contributed by atoms with E-state index in [4.69, 9.17) is 0 Å². The minimum Gasteiger partial charge on any atom is -0.393 e. The second-order valence-electron chi connectivity index (χ2n) is 4.89. The van der Waals surface area contributed by atoms with E-state index in [2.05, 4.69) is 0 Å². The van der Waals surface area contributed by atoms with Gasteiger partial charge in [0.2, 0.25) is 0 Å². The Morgan fingerprint density at radius 1 is 1.11 bits per heavy atom. The maximum atomic E-state index is 12.1. The molecular formula is C14H22O3S. The molecular weight excluding hydrogens is 248 g/mol. The fourth-order valence-electron chi connectivity index (χ4n) is 1.81. The molecule has 3 nitrogen and oxygen atoms in total. The Bertz CT molecular complexity index is 378. The van der Waals surface area contributed by atoms with Crippen LogP contribution in [-0.4, -0.2) is 32.4 Å². The van der Waals surface area contributed by atoms with Crippen molar-refractivity contribution < 1.29 is 14.4 Å². The van der Waals surface area contributed by atoms with E-state index in [1.165, 1.54) is 0 Å². The van der Waals surface area contributed by atoms with Crippen LogP contribution in [0.3, 0.4) is 0 Å². The van der Waals surface area contributed by atoms with E-state index in [9.17, 15) is 14.4 Å². The average Bonchev–Trinajstić information content (AvgIpc) is 2.37. The summed E-state index contributed by atoms with van der Waals surface area (Å²) in [7, 11) is -1.11. The zero-order valence-corrected chi connectivity index (χ0v) is 11.9. The summed E-state index contributed by atoms with van der Waals surface area (Å²) in [6, 6.07) is 9.24. The third-order valence-corrected chi connectivity index (χ3v) is 4.93. The maximum Gasteiger partial charge on any atom is 0.0624 e. The van der Waals surface area contributed by atoms with Crippen molar-refractivity contribution in [3.05, 3.63) is 30.3 Å². The SMILES string of the molecule is C[C@@H]([C@H](O)[C@H](C)C[S@](=O)c1ccccc1)[C@H](C)O. The van der Waals surface area contributed by atoms with Crippen LogP contribution in [0.25, 0.3) is 0 Å². The number of aliphatic hydroxyl groups excluding tert-OH is 2. The van der Waals surface area contributed by atoms with Crippen LogP contribution < -0.4 is 0 Å². The third-order valence-electron chi connectivity index (χ3n) is 3.30. The molecule has 0 saturated carbocycles. The van der Waals surface area contributed by atoms with Crippen molar-refractivity contribution in [2.24, 2.45) is 11.8 Å². The quantitative estimate of drug-likeness (QED) is 0.829. The van der Waals surface area contributed by atoms with Gasteiger partial charge in [-0.05, 0) is 25.0 Å². The first-order valence-electron chi connectivity index (χ1n) is 6.23. The van der Waals surface area contributed by atoms with Crippen molar-refractivity contribution in [3.8, 4) is 0 Å². The van der Waals surface area contributed by atoms with Crippen LogP contribution in [0.1, 0.15) is 20.8 Å². The molecule has 0 aliphatic carbocycles. The average molecular weight is 270 g/mol. The van der Waals surface area contributed by atoms with Gasteiger partial charge in [-0.3, -0.25) is 4.21 Å². The van der Waals surface area contributed by atoms with E-state index in [-0.39, 0.29) is 11.8 Å². The number of hydrogen-bond acceptors (Lipinski definition) is 3. The predicted octanol–water partition coefficient (Wildman–Crippen LogP) is 1.81. The van der Waals surface area contributed by atoms with Crippen molar-refractivity contribution in [2.45, 2.75) is 37.9 Å². The van der Waals surface area contributed by atoms with Crippen LogP contribution in [0.2, 0.25) is 0 Å². The molecule has 1 rings (SSSR count). The molecule has 0 aliphatic heterocycles. The molecule has 2 N–H and O–H groups in total. The molecule has 0 bridgehead atoms. The standard InChI is InChI=1S/C14H22O3S/c1-10(14(16)11(2)12(3)15)9-18(17)13-7-5-4-6-8-13/h4-8,10-12,14-16H,9H2,1-3H3/t10-,11-,12+,14-,18+/m1/s1. The Hall–Kier alpha value is -0.710. The molecule has 0 fully saturated rings. The van der Waals surface area contributed by atoms with E-state index < -0.39 is 23.0 Å². The smallest absolute Gasteiger partial charge is 0.0624 e. The molecule has 1 aromatic rings. The molecule has 0 radical (unpaired) electrons. The molecule has 4 heteroatoms. The largest absolute Gasteiger partial charge is 0.393 e. The molecule has 0 aliphatic rings. The van der Waals surface area contributed by atoms with Crippen molar-refractivity contribution in [3.63, 3.8) is 0 Å². The monoisotopic (exact) mass is 270 g/mol. The van der Waals surface area contributed by atoms with Crippen LogP contribution in [0.4, 0.5) is 0 Å². The van der Waals surface area contributed by atoms with Crippen LogP contribution in [-0.2, 0) is 10.8 Å². The molecule has 0 aromatic heterocycles. The lowest BCUT2D eigenvalue weighted by Crippen LogP contribution is -2.34. The van der Waals surface area contributed by atoms with Crippen LogP contribution in [0.5, 0.6) is 0 Å². The minimum atomic E-state index is -1.11. The fraction of sp³-hybridized carbons (Fsp3) is 0.571.